The zero-order valence-electron chi connectivity index (χ0n) is 11.0. The number of benzene rings is 1. The molecule has 0 saturated heterocycles. The molecule has 1 aromatic carbocycles. The van der Waals surface area contributed by atoms with Gasteiger partial charge < -0.3 is 4.74 Å². The van der Waals surface area contributed by atoms with E-state index in [1.54, 1.807) is 13.2 Å². The highest BCUT2D eigenvalue weighted by Crippen LogP contribution is 2.51. The zero-order valence-corrected chi connectivity index (χ0v) is 11.8. The van der Waals surface area contributed by atoms with E-state index < -0.39 is 0 Å². The molecule has 1 aliphatic rings. The topological polar surface area (TPSA) is 9.23 Å². The summed E-state index contributed by atoms with van der Waals surface area (Å²) >= 11 is 6.64. The molecule has 0 spiro atoms. The van der Waals surface area contributed by atoms with Crippen LogP contribution < -0.4 is 4.74 Å². The first-order valence-electron chi connectivity index (χ1n) is 6.54. The van der Waals surface area contributed by atoms with Crippen molar-refractivity contribution in [1.29, 1.82) is 0 Å². The van der Waals surface area contributed by atoms with Crippen LogP contribution >= 0.6 is 11.6 Å². The maximum Gasteiger partial charge on any atom is 0.123 e. The highest BCUT2D eigenvalue weighted by Gasteiger charge is 2.36. The van der Waals surface area contributed by atoms with Gasteiger partial charge >= 0.3 is 0 Å². The molecule has 0 radical (unpaired) electrons. The minimum atomic E-state index is -0.254. The van der Waals surface area contributed by atoms with Crippen molar-refractivity contribution < 1.29 is 9.13 Å². The number of halogens is 2. The van der Waals surface area contributed by atoms with Crippen LogP contribution in [0.1, 0.15) is 50.0 Å². The Kier molecular flexibility index (Phi) is 4.16. The smallest absolute Gasteiger partial charge is 0.123 e. The van der Waals surface area contributed by atoms with E-state index in [9.17, 15) is 4.39 Å². The summed E-state index contributed by atoms with van der Waals surface area (Å²) in [6, 6.07) is 4.58. The molecule has 0 bridgehead atoms. The largest absolute Gasteiger partial charge is 0.496 e. The van der Waals surface area contributed by atoms with E-state index in [0.29, 0.717) is 5.75 Å². The van der Waals surface area contributed by atoms with Gasteiger partial charge in [0.05, 0.1) is 12.5 Å². The molecule has 0 aliphatic heterocycles. The summed E-state index contributed by atoms with van der Waals surface area (Å²) in [6.07, 6.45) is 5.88. The number of methoxy groups -OCH3 is 1. The normalized spacial score (nSPS) is 20.4. The first-order chi connectivity index (χ1) is 8.57. The second kappa shape index (κ2) is 5.48. The highest BCUT2D eigenvalue weighted by atomic mass is 35.5. The lowest BCUT2D eigenvalue weighted by atomic mass is 9.71. The molecule has 1 aliphatic carbocycles. The fourth-order valence-electron chi connectivity index (χ4n) is 2.89. The summed E-state index contributed by atoms with van der Waals surface area (Å²) in [5, 5.41) is -0.191. The molecule has 2 rings (SSSR count). The van der Waals surface area contributed by atoms with Crippen molar-refractivity contribution in [2.24, 2.45) is 5.41 Å². The van der Waals surface area contributed by atoms with Crippen molar-refractivity contribution in [3.8, 4) is 5.75 Å². The van der Waals surface area contributed by atoms with Crippen molar-refractivity contribution in [3.05, 3.63) is 29.6 Å². The van der Waals surface area contributed by atoms with E-state index in [2.05, 4.69) is 6.92 Å². The van der Waals surface area contributed by atoms with Gasteiger partial charge in [-0.1, -0.05) is 26.2 Å². The lowest BCUT2D eigenvalue weighted by Gasteiger charge is -2.38. The van der Waals surface area contributed by atoms with Crippen molar-refractivity contribution in [1.82, 2.24) is 0 Å². The number of ether oxygens (including phenoxy) is 1. The van der Waals surface area contributed by atoms with Crippen molar-refractivity contribution in [2.45, 2.75) is 44.4 Å². The fraction of sp³-hybridized carbons (Fsp3) is 0.600. The number of hydrogen-bond donors (Lipinski definition) is 0. The molecule has 18 heavy (non-hydrogen) atoms. The van der Waals surface area contributed by atoms with Gasteiger partial charge in [0.15, 0.2) is 0 Å². The highest BCUT2D eigenvalue weighted by molar-refractivity contribution is 6.21. The van der Waals surface area contributed by atoms with Crippen LogP contribution in [0.2, 0.25) is 0 Å². The summed E-state index contributed by atoms with van der Waals surface area (Å²) in [6.45, 7) is 2.20. The minimum absolute atomic E-state index is 0.0425. The molecule has 3 heteroatoms. The third kappa shape index (κ3) is 2.64. The average Bonchev–Trinajstić information content (AvgIpc) is 2.38. The van der Waals surface area contributed by atoms with E-state index in [0.717, 1.165) is 18.4 Å². The summed E-state index contributed by atoms with van der Waals surface area (Å²) in [5.74, 6) is 0.430. The Morgan fingerprint density at radius 3 is 2.56 bits per heavy atom. The van der Waals surface area contributed by atoms with Crippen LogP contribution in [0.3, 0.4) is 0 Å². The molecule has 1 atom stereocenters. The zero-order chi connectivity index (χ0) is 13.2. The molecular formula is C15H20ClFO. The number of alkyl halides is 1. The summed E-state index contributed by atoms with van der Waals surface area (Å²) < 4.78 is 18.7. The van der Waals surface area contributed by atoms with Gasteiger partial charge in [-0.15, -0.1) is 11.6 Å². The van der Waals surface area contributed by atoms with Crippen LogP contribution in [0.4, 0.5) is 4.39 Å². The monoisotopic (exact) mass is 270 g/mol. The van der Waals surface area contributed by atoms with E-state index in [1.165, 1.54) is 31.4 Å². The molecule has 100 valence electrons. The second-order valence-electron chi connectivity index (χ2n) is 5.46. The predicted octanol–water partition coefficient (Wildman–Crippen LogP) is 5.08. The van der Waals surface area contributed by atoms with Gasteiger partial charge in [-0.05, 0) is 36.5 Å². The van der Waals surface area contributed by atoms with Gasteiger partial charge in [0.2, 0.25) is 0 Å². The Morgan fingerprint density at radius 2 is 1.94 bits per heavy atom. The van der Waals surface area contributed by atoms with Crippen LogP contribution in [0.5, 0.6) is 5.75 Å². The molecule has 1 saturated carbocycles. The van der Waals surface area contributed by atoms with Crippen LogP contribution in [0.15, 0.2) is 18.2 Å². The van der Waals surface area contributed by atoms with Gasteiger partial charge in [-0.3, -0.25) is 0 Å². The summed E-state index contributed by atoms with van der Waals surface area (Å²) in [4.78, 5) is 0. The Balaban J connectivity index is 2.32. The van der Waals surface area contributed by atoms with E-state index in [1.807, 2.05) is 0 Å². The van der Waals surface area contributed by atoms with Gasteiger partial charge in [0.1, 0.15) is 11.6 Å². The van der Waals surface area contributed by atoms with E-state index in [-0.39, 0.29) is 16.6 Å². The summed E-state index contributed by atoms with van der Waals surface area (Å²) in [5.41, 5.74) is 0.824. The van der Waals surface area contributed by atoms with Crippen LogP contribution in [0.25, 0.3) is 0 Å². The first kappa shape index (κ1) is 13.7. The van der Waals surface area contributed by atoms with E-state index >= 15 is 0 Å². The molecule has 0 aromatic heterocycles. The molecule has 0 amide bonds. The van der Waals surface area contributed by atoms with Crippen molar-refractivity contribution in [2.75, 3.05) is 7.11 Å². The standard InChI is InChI=1S/C15H20ClFO/c1-15(8-4-3-5-9-15)14(16)12-10-11(17)6-7-13(12)18-2/h6-7,10,14H,3-5,8-9H2,1-2H3. The van der Waals surface area contributed by atoms with Gasteiger partial charge in [0, 0.05) is 5.56 Å². The van der Waals surface area contributed by atoms with Gasteiger partial charge in [-0.25, -0.2) is 4.39 Å². The van der Waals surface area contributed by atoms with Crippen LogP contribution in [-0.2, 0) is 0 Å². The molecule has 1 unspecified atom stereocenters. The lowest BCUT2D eigenvalue weighted by Crippen LogP contribution is -2.25. The quantitative estimate of drug-likeness (QED) is 0.696. The maximum atomic E-state index is 13.4. The maximum absolute atomic E-state index is 13.4. The molecule has 1 aromatic rings. The average molecular weight is 271 g/mol. The molecule has 1 fully saturated rings. The Labute approximate surface area is 113 Å². The van der Waals surface area contributed by atoms with Gasteiger partial charge in [0.25, 0.3) is 0 Å². The summed E-state index contributed by atoms with van der Waals surface area (Å²) in [7, 11) is 1.60. The second-order valence-corrected chi connectivity index (χ2v) is 5.90. The lowest BCUT2D eigenvalue weighted by molar-refractivity contribution is 0.204. The fourth-order valence-corrected chi connectivity index (χ4v) is 3.28. The van der Waals surface area contributed by atoms with Crippen LogP contribution in [0, 0.1) is 11.2 Å². The molecule has 1 nitrogen and oxygen atoms in total. The third-order valence-electron chi connectivity index (χ3n) is 4.07. The predicted molar refractivity (Wildman–Crippen MR) is 72.7 cm³/mol. The Morgan fingerprint density at radius 1 is 1.28 bits per heavy atom. The molecular weight excluding hydrogens is 251 g/mol. The number of rotatable bonds is 3. The first-order valence-corrected chi connectivity index (χ1v) is 6.98. The van der Waals surface area contributed by atoms with Crippen molar-refractivity contribution in [3.63, 3.8) is 0 Å². The van der Waals surface area contributed by atoms with Crippen molar-refractivity contribution >= 4 is 11.6 Å². The van der Waals surface area contributed by atoms with Crippen LogP contribution in [-0.4, -0.2) is 7.11 Å². The molecule has 0 heterocycles. The Bertz CT molecular complexity index is 413. The third-order valence-corrected chi connectivity index (χ3v) is 4.83. The number of hydrogen-bond acceptors (Lipinski definition) is 1. The SMILES string of the molecule is COc1ccc(F)cc1C(Cl)C1(C)CCCCC1. The van der Waals surface area contributed by atoms with E-state index in [4.69, 9.17) is 16.3 Å². The molecule has 0 N–H and O–H groups in total. The van der Waals surface area contributed by atoms with Gasteiger partial charge in [-0.2, -0.15) is 0 Å². The Hall–Kier alpha value is -0.760. The minimum Gasteiger partial charge on any atom is -0.496 e.